The van der Waals surface area contributed by atoms with E-state index >= 15 is 0 Å². The molecule has 76 valence electrons. The van der Waals surface area contributed by atoms with Crippen molar-refractivity contribution in [3.8, 4) is 0 Å². The third-order valence-corrected chi connectivity index (χ3v) is 4.02. The number of sulfonamides is 1. The summed E-state index contributed by atoms with van der Waals surface area (Å²) in [6.45, 7) is 0. The van der Waals surface area contributed by atoms with E-state index < -0.39 is 16.1 Å². The van der Waals surface area contributed by atoms with Crippen LogP contribution < -0.4 is 10.0 Å². The molecule has 0 aromatic carbocycles. The van der Waals surface area contributed by atoms with Crippen molar-refractivity contribution in [1.29, 1.82) is 0 Å². The lowest BCUT2D eigenvalue weighted by Gasteiger charge is -2.11. The van der Waals surface area contributed by atoms with E-state index in [1.54, 1.807) is 0 Å². The molecular formula is C7H14N2O3S. The van der Waals surface area contributed by atoms with Crippen LogP contribution >= 0.6 is 0 Å². The zero-order chi connectivity index (χ0) is 9.90. The zero-order valence-corrected chi connectivity index (χ0v) is 8.36. The second-order valence-electron chi connectivity index (χ2n) is 3.13. The highest BCUT2D eigenvalue weighted by Crippen LogP contribution is 2.23. The predicted octanol–water partition coefficient (Wildman–Crippen LogP) is 0.188. The van der Waals surface area contributed by atoms with Crippen LogP contribution in [0.15, 0.2) is 0 Å². The molecule has 0 atom stereocenters. The Bertz CT molecular complexity index is 280. The Morgan fingerprint density at radius 1 is 1.31 bits per heavy atom. The van der Waals surface area contributed by atoms with Gasteiger partial charge in [-0.25, -0.2) is 17.9 Å². The van der Waals surface area contributed by atoms with Crippen LogP contribution in [0.25, 0.3) is 0 Å². The Labute approximate surface area is 77.9 Å². The van der Waals surface area contributed by atoms with Crippen molar-refractivity contribution < 1.29 is 13.2 Å². The molecule has 6 heteroatoms. The van der Waals surface area contributed by atoms with E-state index in [2.05, 4.69) is 5.32 Å². The third-order valence-electron chi connectivity index (χ3n) is 2.20. The maximum Gasteiger partial charge on any atom is 0.328 e. The fraction of sp³-hybridized carbons (Fsp3) is 0.857. The lowest BCUT2D eigenvalue weighted by atomic mass is 10.4. The van der Waals surface area contributed by atoms with Gasteiger partial charge < -0.3 is 5.32 Å². The van der Waals surface area contributed by atoms with Crippen LogP contribution in [0.2, 0.25) is 0 Å². The maximum absolute atomic E-state index is 11.4. The van der Waals surface area contributed by atoms with E-state index in [4.69, 9.17) is 0 Å². The number of urea groups is 1. The first-order chi connectivity index (χ1) is 6.06. The van der Waals surface area contributed by atoms with Crippen LogP contribution in [0.3, 0.4) is 0 Å². The molecule has 13 heavy (non-hydrogen) atoms. The van der Waals surface area contributed by atoms with Gasteiger partial charge in [0.2, 0.25) is 10.0 Å². The summed E-state index contributed by atoms with van der Waals surface area (Å²) in [4.78, 5) is 10.8. The summed E-state index contributed by atoms with van der Waals surface area (Å²) in [5.74, 6) is 0. The van der Waals surface area contributed by atoms with Gasteiger partial charge in [0.15, 0.2) is 0 Å². The lowest BCUT2D eigenvalue weighted by molar-refractivity contribution is 0.247. The fourth-order valence-corrected chi connectivity index (χ4v) is 2.94. The van der Waals surface area contributed by atoms with Crippen LogP contribution in [0, 0.1) is 0 Å². The molecule has 0 bridgehead atoms. The second-order valence-corrected chi connectivity index (χ2v) is 5.09. The molecule has 0 aromatic heterocycles. The highest BCUT2D eigenvalue weighted by Gasteiger charge is 2.29. The molecule has 0 spiro atoms. The van der Waals surface area contributed by atoms with Crippen molar-refractivity contribution in [2.75, 3.05) is 7.05 Å². The minimum Gasteiger partial charge on any atom is -0.340 e. The van der Waals surface area contributed by atoms with Crippen molar-refractivity contribution in [3.63, 3.8) is 0 Å². The van der Waals surface area contributed by atoms with Crippen molar-refractivity contribution in [2.45, 2.75) is 30.9 Å². The minimum absolute atomic E-state index is 0.384. The van der Waals surface area contributed by atoms with E-state index in [1.807, 2.05) is 4.72 Å². The second kappa shape index (κ2) is 3.95. The average Bonchev–Trinajstić information content (AvgIpc) is 2.55. The van der Waals surface area contributed by atoms with E-state index in [0.717, 1.165) is 12.8 Å². The summed E-state index contributed by atoms with van der Waals surface area (Å²) in [6.07, 6.45) is 3.18. The molecule has 0 heterocycles. The summed E-state index contributed by atoms with van der Waals surface area (Å²) in [5.41, 5.74) is 0. The van der Waals surface area contributed by atoms with Gasteiger partial charge in [-0.3, -0.25) is 0 Å². The van der Waals surface area contributed by atoms with Gasteiger partial charge in [0.1, 0.15) is 0 Å². The maximum atomic E-state index is 11.4. The molecule has 0 unspecified atom stereocenters. The van der Waals surface area contributed by atoms with E-state index in [9.17, 15) is 13.2 Å². The topological polar surface area (TPSA) is 75.3 Å². The highest BCUT2D eigenvalue weighted by molar-refractivity contribution is 7.90. The van der Waals surface area contributed by atoms with Crippen LogP contribution in [-0.4, -0.2) is 26.7 Å². The van der Waals surface area contributed by atoms with Gasteiger partial charge in [-0.2, -0.15) is 0 Å². The summed E-state index contributed by atoms with van der Waals surface area (Å²) >= 11 is 0. The number of carbonyl (C=O) groups is 1. The van der Waals surface area contributed by atoms with Crippen molar-refractivity contribution in [3.05, 3.63) is 0 Å². The van der Waals surface area contributed by atoms with Crippen LogP contribution in [-0.2, 0) is 10.0 Å². The highest BCUT2D eigenvalue weighted by atomic mass is 32.2. The first-order valence-corrected chi connectivity index (χ1v) is 5.84. The number of carbonyl (C=O) groups excluding carboxylic acids is 1. The normalized spacial score (nSPS) is 18.5. The largest absolute Gasteiger partial charge is 0.340 e. The molecule has 1 rings (SSSR count). The van der Waals surface area contributed by atoms with E-state index in [1.165, 1.54) is 7.05 Å². The van der Waals surface area contributed by atoms with Gasteiger partial charge in [0, 0.05) is 7.05 Å². The zero-order valence-electron chi connectivity index (χ0n) is 7.54. The molecule has 0 aromatic rings. The van der Waals surface area contributed by atoms with Crippen LogP contribution in [0.5, 0.6) is 0 Å². The van der Waals surface area contributed by atoms with Crippen LogP contribution in [0.4, 0.5) is 4.79 Å². The summed E-state index contributed by atoms with van der Waals surface area (Å²) in [5, 5.41) is 1.83. The summed E-state index contributed by atoms with van der Waals surface area (Å²) in [7, 11) is -2.04. The molecule has 1 fully saturated rings. The fourth-order valence-electron chi connectivity index (χ4n) is 1.46. The molecule has 5 nitrogen and oxygen atoms in total. The van der Waals surface area contributed by atoms with Gasteiger partial charge in [-0.15, -0.1) is 0 Å². The van der Waals surface area contributed by atoms with Crippen molar-refractivity contribution in [1.82, 2.24) is 10.0 Å². The van der Waals surface area contributed by atoms with E-state index in [-0.39, 0.29) is 5.25 Å². The quantitative estimate of drug-likeness (QED) is 0.677. The monoisotopic (exact) mass is 206 g/mol. The molecule has 0 saturated heterocycles. The molecule has 1 aliphatic carbocycles. The van der Waals surface area contributed by atoms with Gasteiger partial charge in [-0.1, -0.05) is 12.8 Å². The summed E-state index contributed by atoms with van der Waals surface area (Å²) < 4.78 is 24.8. The first-order valence-electron chi connectivity index (χ1n) is 4.29. The minimum atomic E-state index is -3.43. The van der Waals surface area contributed by atoms with Gasteiger partial charge in [0.05, 0.1) is 5.25 Å². The molecule has 2 amide bonds. The molecule has 2 N–H and O–H groups in total. The standard InChI is InChI=1S/C7H14N2O3S/c1-8-7(10)9-13(11,12)6-4-2-3-5-6/h6H,2-5H2,1H3,(H2,8,9,10). The van der Waals surface area contributed by atoms with Gasteiger partial charge >= 0.3 is 6.03 Å². The van der Waals surface area contributed by atoms with Crippen LogP contribution in [0.1, 0.15) is 25.7 Å². The molecule has 0 aliphatic heterocycles. The smallest absolute Gasteiger partial charge is 0.328 e. The van der Waals surface area contributed by atoms with E-state index in [0.29, 0.717) is 12.8 Å². The molecule has 1 saturated carbocycles. The first kappa shape index (κ1) is 10.3. The SMILES string of the molecule is CNC(=O)NS(=O)(=O)C1CCCC1. The number of nitrogens with one attached hydrogen (secondary N) is 2. The van der Waals surface area contributed by atoms with Crippen molar-refractivity contribution in [2.24, 2.45) is 0 Å². The number of hydrogen-bond acceptors (Lipinski definition) is 3. The van der Waals surface area contributed by atoms with Crippen molar-refractivity contribution >= 4 is 16.1 Å². The number of hydrogen-bond donors (Lipinski definition) is 2. The molecule has 1 aliphatic rings. The predicted molar refractivity (Wildman–Crippen MR) is 48.8 cm³/mol. The average molecular weight is 206 g/mol. The molecule has 0 radical (unpaired) electrons. The molecular weight excluding hydrogens is 192 g/mol. The summed E-state index contributed by atoms with van der Waals surface area (Å²) in [6, 6.07) is -0.660. The Balaban J connectivity index is 2.60. The van der Waals surface area contributed by atoms with Gasteiger partial charge in [-0.05, 0) is 12.8 Å². The van der Waals surface area contributed by atoms with Gasteiger partial charge in [0.25, 0.3) is 0 Å². The number of amides is 2. The Morgan fingerprint density at radius 3 is 2.31 bits per heavy atom. The Hall–Kier alpha value is -0.780. The third kappa shape index (κ3) is 2.58. The lowest BCUT2D eigenvalue weighted by Crippen LogP contribution is -2.41. The Kier molecular flexibility index (Phi) is 3.13. The number of rotatable bonds is 2. The Morgan fingerprint density at radius 2 is 1.85 bits per heavy atom.